The van der Waals surface area contributed by atoms with E-state index in [-0.39, 0.29) is 17.4 Å². The lowest BCUT2D eigenvalue weighted by atomic mass is 9.91. The lowest BCUT2D eigenvalue weighted by Crippen LogP contribution is -2.55. The zero-order chi connectivity index (χ0) is 20.8. The van der Waals surface area contributed by atoms with Crippen molar-refractivity contribution in [3.8, 4) is 0 Å². The van der Waals surface area contributed by atoms with Crippen LogP contribution in [0.15, 0.2) is 24.5 Å². The van der Waals surface area contributed by atoms with E-state index in [0.29, 0.717) is 12.6 Å². The summed E-state index contributed by atoms with van der Waals surface area (Å²) >= 11 is 0. The van der Waals surface area contributed by atoms with E-state index in [9.17, 15) is 4.79 Å². The summed E-state index contributed by atoms with van der Waals surface area (Å²) in [7, 11) is 1.75. The van der Waals surface area contributed by atoms with Gasteiger partial charge in [-0.25, -0.2) is 0 Å². The van der Waals surface area contributed by atoms with Gasteiger partial charge in [0.2, 0.25) is 5.91 Å². The number of rotatable bonds is 7. The Bertz CT molecular complexity index is 669. The lowest BCUT2D eigenvalue weighted by Gasteiger charge is -2.42. The summed E-state index contributed by atoms with van der Waals surface area (Å²) in [6.45, 7) is 5.95. The van der Waals surface area contributed by atoms with Crippen molar-refractivity contribution in [1.29, 1.82) is 0 Å². The second kappa shape index (κ2) is 10.2. The van der Waals surface area contributed by atoms with Crippen LogP contribution in [0.1, 0.15) is 56.9 Å². The molecular formula is C24H38N4O2. The van der Waals surface area contributed by atoms with Crippen LogP contribution in [0.4, 0.5) is 0 Å². The number of carbonyl (C=O) groups excluding carboxylic acids is 1. The molecule has 4 rings (SSSR count). The Kier molecular flexibility index (Phi) is 7.39. The second-order valence-corrected chi connectivity index (χ2v) is 9.61. The predicted octanol–water partition coefficient (Wildman–Crippen LogP) is 2.83. The summed E-state index contributed by atoms with van der Waals surface area (Å²) in [5.74, 6) is 0.383. The van der Waals surface area contributed by atoms with E-state index < -0.39 is 0 Å². The van der Waals surface area contributed by atoms with Gasteiger partial charge in [-0.1, -0.05) is 18.9 Å². The molecule has 3 aliphatic rings. The molecule has 1 aromatic heterocycles. The predicted molar refractivity (Wildman–Crippen MR) is 118 cm³/mol. The molecule has 0 radical (unpaired) electrons. The monoisotopic (exact) mass is 414 g/mol. The molecule has 3 heterocycles. The lowest BCUT2D eigenvalue weighted by molar-refractivity contribution is -0.130. The highest BCUT2D eigenvalue weighted by Crippen LogP contribution is 2.31. The van der Waals surface area contributed by atoms with Crippen molar-refractivity contribution in [3.05, 3.63) is 30.1 Å². The maximum absolute atomic E-state index is 13.1. The first-order chi connectivity index (χ1) is 14.7. The zero-order valence-corrected chi connectivity index (χ0v) is 18.5. The van der Waals surface area contributed by atoms with Gasteiger partial charge in [0.25, 0.3) is 0 Å². The first-order valence-electron chi connectivity index (χ1n) is 11.8. The molecule has 6 nitrogen and oxygen atoms in total. The fourth-order valence-electron chi connectivity index (χ4n) is 5.74. The van der Waals surface area contributed by atoms with Crippen molar-refractivity contribution in [2.45, 2.75) is 69.5 Å². The van der Waals surface area contributed by atoms with E-state index in [1.165, 1.54) is 31.2 Å². The molecule has 1 saturated carbocycles. The van der Waals surface area contributed by atoms with E-state index in [1.807, 2.05) is 18.5 Å². The van der Waals surface area contributed by atoms with Crippen LogP contribution in [0.2, 0.25) is 0 Å². The van der Waals surface area contributed by atoms with E-state index in [1.54, 1.807) is 7.11 Å². The number of methoxy groups -OCH3 is 1. The molecule has 1 unspecified atom stereocenters. The summed E-state index contributed by atoms with van der Waals surface area (Å²) in [4.78, 5) is 22.5. The van der Waals surface area contributed by atoms with Crippen LogP contribution in [0, 0.1) is 5.92 Å². The minimum Gasteiger partial charge on any atom is -0.382 e. The molecule has 30 heavy (non-hydrogen) atoms. The van der Waals surface area contributed by atoms with Gasteiger partial charge in [0.15, 0.2) is 0 Å². The van der Waals surface area contributed by atoms with Crippen LogP contribution in [0.25, 0.3) is 0 Å². The van der Waals surface area contributed by atoms with Crippen LogP contribution in [0.3, 0.4) is 0 Å². The normalized spacial score (nSPS) is 26.0. The van der Waals surface area contributed by atoms with Gasteiger partial charge in [-0.3, -0.25) is 19.6 Å². The van der Waals surface area contributed by atoms with Crippen molar-refractivity contribution in [1.82, 2.24) is 20.1 Å². The maximum Gasteiger partial charge on any atom is 0.224 e. The van der Waals surface area contributed by atoms with Crippen molar-refractivity contribution in [2.75, 3.05) is 39.9 Å². The number of hydrogen-bond donors (Lipinski definition) is 1. The van der Waals surface area contributed by atoms with Crippen molar-refractivity contribution >= 4 is 5.91 Å². The molecule has 1 amide bonds. The molecule has 1 aromatic rings. The van der Waals surface area contributed by atoms with Crippen LogP contribution >= 0.6 is 0 Å². The molecule has 166 valence electrons. The third-order valence-electron chi connectivity index (χ3n) is 7.40. The van der Waals surface area contributed by atoms with E-state index in [4.69, 9.17) is 4.74 Å². The maximum atomic E-state index is 13.1. The topological polar surface area (TPSA) is 57.7 Å². The largest absolute Gasteiger partial charge is 0.382 e. The minimum absolute atomic E-state index is 0.119. The number of piperidine rings is 2. The van der Waals surface area contributed by atoms with Crippen LogP contribution in [-0.2, 0) is 16.1 Å². The summed E-state index contributed by atoms with van der Waals surface area (Å²) < 4.78 is 5.45. The molecule has 0 aromatic carbocycles. The van der Waals surface area contributed by atoms with Crippen molar-refractivity contribution in [3.63, 3.8) is 0 Å². The van der Waals surface area contributed by atoms with E-state index in [2.05, 4.69) is 26.2 Å². The molecule has 1 atom stereocenters. The number of aromatic nitrogens is 1. The number of carbonyl (C=O) groups is 1. The number of nitrogens with one attached hydrogen (secondary N) is 1. The molecule has 1 N–H and O–H groups in total. The van der Waals surface area contributed by atoms with Crippen LogP contribution < -0.4 is 5.32 Å². The van der Waals surface area contributed by atoms with E-state index >= 15 is 0 Å². The van der Waals surface area contributed by atoms with Gasteiger partial charge in [-0.2, -0.15) is 0 Å². The van der Waals surface area contributed by atoms with Gasteiger partial charge in [-0.05, 0) is 69.8 Å². The third-order valence-corrected chi connectivity index (χ3v) is 7.40. The first kappa shape index (κ1) is 21.7. The Balaban J connectivity index is 1.26. The summed E-state index contributed by atoms with van der Waals surface area (Å²) in [6, 6.07) is 4.79. The van der Waals surface area contributed by atoms with Crippen LogP contribution in [0.5, 0.6) is 0 Å². The molecular weight excluding hydrogens is 376 g/mol. The van der Waals surface area contributed by atoms with Gasteiger partial charge in [0.05, 0.1) is 18.1 Å². The Morgan fingerprint density at radius 1 is 1.20 bits per heavy atom. The van der Waals surface area contributed by atoms with Crippen molar-refractivity contribution in [2.24, 2.45) is 5.92 Å². The van der Waals surface area contributed by atoms with Crippen molar-refractivity contribution < 1.29 is 9.53 Å². The van der Waals surface area contributed by atoms with Gasteiger partial charge < -0.3 is 10.1 Å². The highest BCUT2D eigenvalue weighted by molar-refractivity contribution is 5.79. The third kappa shape index (κ3) is 5.40. The number of amides is 1. The smallest absolute Gasteiger partial charge is 0.224 e. The molecule has 2 aliphatic heterocycles. The fraction of sp³-hybridized carbons (Fsp3) is 0.750. The molecule has 3 fully saturated rings. The summed E-state index contributed by atoms with van der Waals surface area (Å²) in [5.41, 5.74) is 1.17. The highest BCUT2D eigenvalue weighted by Gasteiger charge is 2.38. The standard InChI is InChI=1S/C24H38N4O2/c1-30-19-24(10-2-3-11-24)26-23(29)21-7-5-13-28(18-21)22-8-14-27(15-9-22)17-20-6-4-12-25-16-20/h4,6,12,16,21-22H,2-3,5,7-11,13-15,17-19H2,1H3,(H,26,29). The van der Waals surface area contributed by atoms with Gasteiger partial charge in [0.1, 0.15) is 0 Å². The number of nitrogens with zero attached hydrogens (tertiary/aromatic N) is 3. The Morgan fingerprint density at radius 3 is 2.70 bits per heavy atom. The number of hydrogen-bond acceptors (Lipinski definition) is 5. The Labute approximate surface area is 181 Å². The molecule has 1 aliphatic carbocycles. The van der Waals surface area contributed by atoms with Gasteiger partial charge >= 0.3 is 0 Å². The van der Waals surface area contributed by atoms with Crippen LogP contribution in [-0.4, -0.2) is 72.2 Å². The molecule has 2 saturated heterocycles. The Hall–Kier alpha value is -1.50. The Morgan fingerprint density at radius 2 is 2.00 bits per heavy atom. The van der Waals surface area contributed by atoms with Gasteiger partial charge in [0, 0.05) is 38.6 Å². The fourth-order valence-corrected chi connectivity index (χ4v) is 5.74. The summed E-state index contributed by atoms with van der Waals surface area (Å²) in [6.07, 6.45) is 12.8. The second-order valence-electron chi connectivity index (χ2n) is 9.61. The summed E-state index contributed by atoms with van der Waals surface area (Å²) in [5, 5.41) is 3.42. The SMILES string of the molecule is COCC1(NC(=O)C2CCCN(C3CCN(Cc4cccnc4)CC3)C2)CCCC1. The minimum atomic E-state index is -0.119. The van der Waals surface area contributed by atoms with E-state index in [0.717, 1.165) is 58.4 Å². The molecule has 0 bridgehead atoms. The molecule has 6 heteroatoms. The average molecular weight is 415 g/mol. The zero-order valence-electron chi connectivity index (χ0n) is 18.5. The van der Waals surface area contributed by atoms with Gasteiger partial charge in [-0.15, -0.1) is 0 Å². The number of pyridine rings is 1. The number of likely N-dealkylation sites (tertiary alicyclic amines) is 2. The highest BCUT2D eigenvalue weighted by atomic mass is 16.5. The average Bonchev–Trinajstić information content (AvgIpc) is 3.23. The number of ether oxygens (including phenoxy) is 1. The molecule has 0 spiro atoms. The first-order valence-corrected chi connectivity index (χ1v) is 11.8. The quantitative estimate of drug-likeness (QED) is 0.744.